The topological polar surface area (TPSA) is 46.5 Å². The molecule has 0 spiro atoms. The molecule has 0 radical (unpaired) electrons. The third-order valence-corrected chi connectivity index (χ3v) is 7.57. The first kappa shape index (κ1) is 24.3. The molecule has 2 aromatic carbocycles. The van der Waals surface area contributed by atoms with Crippen molar-refractivity contribution in [3.63, 3.8) is 0 Å². The van der Waals surface area contributed by atoms with Gasteiger partial charge in [0.15, 0.2) is 5.11 Å². The fourth-order valence-corrected chi connectivity index (χ4v) is 5.74. The highest BCUT2D eigenvalue weighted by molar-refractivity contribution is 7.80. The second-order valence-electron chi connectivity index (χ2n) is 9.64. The number of aromatic nitrogens is 1. The molecule has 5 nitrogen and oxygen atoms in total. The summed E-state index contributed by atoms with van der Waals surface area (Å²) in [6.07, 6.45) is 8.55. The molecule has 1 aliphatic carbocycles. The number of hydrogen-bond donors (Lipinski definition) is 1. The number of aryl methyl sites for hydroxylation is 1. The SMILES string of the molecule is CCOc1ccc(N2C(=O)/C(=C/c3cc(C)n(-c4ccc(C5CCCCC5)cc4)c3C)NC2=S)cc1. The monoisotopic (exact) mass is 499 g/mol. The van der Waals surface area contributed by atoms with Crippen LogP contribution >= 0.6 is 12.2 Å². The fourth-order valence-electron chi connectivity index (χ4n) is 5.45. The quantitative estimate of drug-likeness (QED) is 0.299. The van der Waals surface area contributed by atoms with E-state index in [0.29, 0.717) is 29.0 Å². The molecular formula is C30H33N3O2S. The summed E-state index contributed by atoms with van der Waals surface area (Å²) in [6.45, 7) is 6.73. The van der Waals surface area contributed by atoms with Crippen LogP contribution in [0.4, 0.5) is 5.69 Å². The van der Waals surface area contributed by atoms with E-state index >= 15 is 0 Å². The zero-order valence-corrected chi connectivity index (χ0v) is 22.0. The Kier molecular flexibility index (Phi) is 6.97. The summed E-state index contributed by atoms with van der Waals surface area (Å²) >= 11 is 5.50. The molecular weight excluding hydrogens is 466 g/mol. The highest BCUT2D eigenvalue weighted by Crippen LogP contribution is 2.33. The zero-order valence-electron chi connectivity index (χ0n) is 21.2. The maximum absolute atomic E-state index is 13.3. The van der Waals surface area contributed by atoms with Gasteiger partial charge in [0.1, 0.15) is 11.4 Å². The minimum absolute atomic E-state index is 0.161. The number of carbonyl (C=O) groups excluding carboxylic acids is 1. The second kappa shape index (κ2) is 10.3. The van der Waals surface area contributed by atoms with E-state index in [9.17, 15) is 4.79 Å². The molecule has 186 valence electrons. The van der Waals surface area contributed by atoms with Crippen LogP contribution in [0.3, 0.4) is 0 Å². The number of carbonyl (C=O) groups is 1. The first-order valence-corrected chi connectivity index (χ1v) is 13.3. The minimum Gasteiger partial charge on any atom is -0.494 e. The smallest absolute Gasteiger partial charge is 0.281 e. The molecule has 0 atom stereocenters. The van der Waals surface area contributed by atoms with Gasteiger partial charge in [0.2, 0.25) is 0 Å². The van der Waals surface area contributed by atoms with Crippen molar-refractivity contribution in [3.05, 3.63) is 82.8 Å². The van der Waals surface area contributed by atoms with Gasteiger partial charge in [-0.15, -0.1) is 0 Å². The molecule has 1 N–H and O–H groups in total. The van der Waals surface area contributed by atoms with E-state index < -0.39 is 0 Å². The lowest BCUT2D eigenvalue weighted by Crippen LogP contribution is -2.30. The lowest BCUT2D eigenvalue weighted by atomic mass is 9.84. The molecule has 1 saturated heterocycles. The summed E-state index contributed by atoms with van der Waals surface area (Å²) in [7, 11) is 0. The van der Waals surface area contributed by atoms with E-state index in [1.54, 1.807) is 0 Å². The molecule has 2 fully saturated rings. The molecule has 5 rings (SSSR count). The van der Waals surface area contributed by atoms with Crippen molar-refractivity contribution in [3.8, 4) is 11.4 Å². The van der Waals surface area contributed by atoms with Crippen LogP contribution in [0.1, 0.15) is 67.5 Å². The number of amides is 1. The first-order valence-electron chi connectivity index (χ1n) is 12.9. The Hall–Kier alpha value is -3.38. The number of anilines is 1. The number of hydrogen-bond acceptors (Lipinski definition) is 3. The molecule has 0 unspecified atom stereocenters. The Labute approximate surface area is 218 Å². The summed E-state index contributed by atoms with van der Waals surface area (Å²) in [4.78, 5) is 14.8. The third kappa shape index (κ3) is 4.70. The summed E-state index contributed by atoms with van der Waals surface area (Å²) in [5.41, 5.74) is 7.00. The van der Waals surface area contributed by atoms with Crippen molar-refractivity contribution >= 4 is 35.0 Å². The Morgan fingerprint density at radius 1 is 1.00 bits per heavy atom. The normalized spacial score (nSPS) is 17.6. The average Bonchev–Trinajstić information content (AvgIpc) is 3.33. The van der Waals surface area contributed by atoms with Gasteiger partial charge in [-0.1, -0.05) is 31.4 Å². The lowest BCUT2D eigenvalue weighted by molar-refractivity contribution is -0.113. The largest absolute Gasteiger partial charge is 0.494 e. The van der Waals surface area contributed by atoms with Crippen LogP contribution in [0.2, 0.25) is 0 Å². The summed E-state index contributed by atoms with van der Waals surface area (Å²) < 4.78 is 7.76. The van der Waals surface area contributed by atoms with Gasteiger partial charge in [0.05, 0.1) is 12.3 Å². The summed E-state index contributed by atoms with van der Waals surface area (Å²) in [5, 5.41) is 3.49. The van der Waals surface area contributed by atoms with Crippen molar-refractivity contribution in [1.29, 1.82) is 0 Å². The number of ether oxygens (including phenoxy) is 1. The van der Waals surface area contributed by atoms with Gasteiger partial charge in [0, 0.05) is 17.1 Å². The Morgan fingerprint density at radius 2 is 1.67 bits per heavy atom. The average molecular weight is 500 g/mol. The van der Waals surface area contributed by atoms with Crippen molar-refractivity contribution < 1.29 is 9.53 Å². The second-order valence-corrected chi connectivity index (χ2v) is 10.0. The number of rotatable bonds is 6. The zero-order chi connectivity index (χ0) is 25.2. The molecule has 36 heavy (non-hydrogen) atoms. The van der Waals surface area contributed by atoms with Crippen LogP contribution in [-0.4, -0.2) is 22.2 Å². The molecule has 3 aromatic rings. The number of benzene rings is 2. The molecule has 0 bridgehead atoms. The minimum atomic E-state index is -0.161. The number of nitrogens with one attached hydrogen (secondary N) is 1. The van der Waals surface area contributed by atoms with Gasteiger partial charge in [0.25, 0.3) is 5.91 Å². The third-order valence-electron chi connectivity index (χ3n) is 7.28. The van der Waals surface area contributed by atoms with Crippen LogP contribution in [0.5, 0.6) is 5.75 Å². The molecule has 1 aromatic heterocycles. The predicted molar refractivity (Wildman–Crippen MR) is 150 cm³/mol. The lowest BCUT2D eigenvalue weighted by Gasteiger charge is -2.22. The Morgan fingerprint density at radius 3 is 2.33 bits per heavy atom. The van der Waals surface area contributed by atoms with Crippen molar-refractivity contribution in [2.45, 2.75) is 58.8 Å². The number of thiocarbonyl (C=S) groups is 1. The highest BCUT2D eigenvalue weighted by atomic mass is 32.1. The van der Waals surface area contributed by atoms with Gasteiger partial charge in [-0.05, 0) is 111 Å². The predicted octanol–water partition coefficient (Wildman–Crippen LogP) is 6.80. The molecule has 1 saturated carbocycles. The van der Waals surface area contributed by atoms with Crippen molar-refractivity contribution in [1.82, 2.24) is 9.88 Å². The van der Waals surface area contributed by atoms with Gasteiger partial charge in [-0.3, -0.25) is 9.69 Å². The molecule has 2 heterocycles. The van der Waals surface area contributed by atoms with Crippen LogP contribution < -0.4 is 15.0 Å². The van der Waals surface area contributed by atoms with E-state index in [4.69, 9.17) is 17.0 Å². The van der Waals surface area contributed by atoms with Gasteiger partial charge in [-0.2, -0.15) is 0 Å². The van der Waals surface area contributed by atoms with Crippen molar-refractivity contribution in [2.24, 2.45) is 0 Å². The Bertz CT molecular complexity index is 1300. The Balaban J connectivity index is 1.38. The fraction of sp³-hybridized carbons (Fsp3) is 0.333. The first-order chi connectivity index (χ1) is 17.5. The van der Waals surface area contributed by atoms with E-state index in [0.717, 1.165) is 28.4 Å². The van der Waals surface area contributed by atoms with Crippen LogP contribution in [0, 0.1) is 13.8 Å². The van der Waals surface area contributed by atoms with Gasteiger partial charge < -0.3 is 14.6 Å². The maximum Gasteiger partial charge on any atom is 0.281 e. The molecule has 1 amide bonds. The molecule has 6 heteroatoms. The molecule has 2 aliphatic rings. The maximum atomic E-state index is 13.3. The van der Waals surface area contributed by atoms with Crippen molar-refractivity contribution in [2.75, 3.05) is 11.5 Å². The summed E-state index contributed by atoms with van der Waals surface area (Å²) in [5.74, 6) is 1.30. The van der Waals surface area contributed by atoms with Crippen LogP contribution in [0.25, 0.3) is 11.8 Å². The van der Waals surface area contributed by atoms with Crippen LogP contribution in [0.15, 0.2) is 60.3 Å². The van der Waals surface area contributed by atoms with E-state index in [1.807, 2.05) is 37.3 Å². The highest BCUT2D eigenvalue weighted by Gasteiger charge is 2.32. The summed E-state index contributed by atoms with van der Waals surface area (Å²) in [6, 6.07) is 18.5. The van der Waals surface area contributed by atoms with Gasteiger partial charge >= 0.3 is 0 Å². The van der Waals surface area contributed by atoms with E-state index in [1.165, 1.54) is 42.6 Å². The van der Waals surface area contributed by atoms with E-state index in [-0.39, 0.29) is 5.91 Å². The number of nitrogens with zero attached hydrogens (tertiary/aromatic N) is 2. The van der Waals surface area contributed by atoms with Gasteiger partial charge in [-0.25, -0.2) is 0 Å². The van der Waals surface area contributed by atoms with Crippen LogP contribution in [-0.2, 0) is 4.79 Å². The van der Waals surface area contributed by atoms with E-state index in [2.05, 4.69) is 54.1 Å². The molecule has 1 aliphatic heterocycles. The standard InChI is InChI=1S/C30H33N3O2S/c1-4-35-27-16-14-26(15-17-27)33-29(34)28(31-30(33)36)19-24-18-20(2)32(21(24)3)25-12-10-23(11-13-25)22-8-6-5-7-9-22/h10-19,22H,4-9H2,1-3H3,(H,31,36)/b28-19-.